The van der Waals surface area contributed by atoms with Gasteiger partial charge in [0, 0.05) is 42.3 Å². The van der Waals surface area contributed by atoms with E-state index >= 15 is 0 Å². The number of halogens is 1. The molecule has 0 saturated carbocycles. The Morgan fingerprint density at radius 1 is 1.42 bits per heavy atom. The average Bonchev–Trinajstić information content (AvgIpc) is 2.39. The minimum absolute atomic E-state index is 0.343. The van der Waals surface area contributed by atoms with Crippen LogP contribution in [0.3, 0.4) is 0 Å². The fourth-order valence-corrected chi connectivity index (χ4v) is 2.22. The molecule has 0 unspecified atom stereocenters. The molecular weight excluding hydrogens is 278 g/mol. The molecule has 0 aliphatic carbocycles. The maximum Gasteiger partial charge on any atom is 0.106 e. The van der Waals surface area contributed by atoms with Crippen LogP contribution in [0.25, 0.3) is 0 Å². The van der Waals surface area contributed by atoms with E-state index in [0.717, 1.165) is 23.4 Å². The Hall–Kier alpha value is -1.65. The Balaban J connectivity index is 2.28. The van der Waals surface area contributed by atoms with Gasteiger partial charge >= 0.3 is 0 Å². The van der Waals surface area contributed by atoms with Gasteiger partial charge in [-0.2, -0.15) is 0 Å². The van der Waals surface area contributed by atoms with E-state index in [1.165, 1.54) is 0 Å². The van der Waals surface area contributed by atoms with Gasteiger partial charge in [-0.3, -0.25) is 4.98 Å². The summed E-state index contributed by atoms with van der Waals surface area (Å²) in [7, 11) is 1.98. The van der Waals surface area contributed by atoms with Crippen molar-refractivity contribution in [3.63, 3.8) is 0 Å². The van der Waals surface area contributed by atoms with Crippen LogP contribution in [0.4, 0.5) is 5.69 Å². The third kappa shape index (κ3) is 3.43. The molecule has 2 N–H and O–H groups in total. The monoisotopic (exact) mass is 291 g/mol. The second kappa shape index (κ2) is 5.99. The highest BCUT2D eigenvalue weighted by atomic mass is 35.5. The molecule has 2 aromatic rings. The number of anilines is 1. The number of hydrogen-bond donors (Lipinski definition) is 1. The zero-order valence-electron chi connectivity index (χ0n) is 10.5. The minimum atomic E-state index is 0.343. The van der Waals surface area contributed by atoms with Gasteiger partial charge < -0.3 is 10.6 Å². The zero-order valence-corrected chi connectivity index (χ0v) is 12.1. The van der Waals surface area contributed by atoms with Gasteiger partial charge in [0.15, 0.2) is 0 Å². The van der Waals surface area contributed by atoms with Gasteiger partial charge in [-0.1, -0.05) is 29.9 Å². The molecule has 2 rings (SSSR count). The lowest BCUT2D eigenvalue weighted by Gasteiger charge is -2.22. The van der Waals surface area contributed by atoms with E-state index in [9.17, 15) is 0 Å². The second-order valence-electron chi connectivity index (χ2n) is 4.24. The van der Waals surface area contributed by atoms with Crippen LogP contribution in [0.5, 0.6) is 0 Å². The molecule has 0 aliphatic rings. The molecule has 0 bridgehead atoms. The number of rotatable bonds is 4. The highest BCUT2D eigenvalue weighted by Crippen LogP contribution is 2.24. The lowest BCUT2D eigenvalue weighted by atomic mass is 10.1. The van der Waals surface area contributed by atoms with Crippen LogP contribution in [0, 0.1) is 0 Å². The summed E-state index contributed by atoms with van der Waals surface area (Å²) in [5.74, 6) is 0. The smallest absolute Gasteiger partial charge is 0.106 e. The summed E-state index contributed by atoms with van der Waals surface area (Å²) in [6, 6.07) is 9.49. The van der Waals surface area contributed by atoms with Crippen molar-refractivity contribution in [1.29, 1.82) is 0 Å². The van der Waals surface area contributed by atoms with E-state index in [2.05, 4.69) is 9.88 Å². The van der Waals surface area contributed by atoms with Crippen molar-refractivity contribution in [2.75, 3.05) is 11.9 Å². The molecule has 1 heterocycles. The first-order valence-corrected chi connectivity index (χ1v) is 6.56. The van der Waals surface area contributed by atoms with E-state index in [-0.39, 0.29) is 0 Å². The van der Waals surface area contributed by atoms with Crippen molar-refractivity contribution >= 4 is 34.5 Å². The molecule has 0 radical (unpaired) electrons. The Labute approximate surface area is 123 Å². The molecule has 19 heavy (non-hydrogen) atoms. The van der Waals surface area contributed by atoms with E-state index < -0.39 is 0 Å². The van der Waals surface area contributed by atoms with Gasteiger partial charge in [0.1, 0.15) is 4.99 Å². The van der Waals surface area contributed by atoms with Crippen molar-refractivity contribution in [3.05, 3.63) is 58.9 Å². The zero-order chi connectivity index (χ0) is 13.8. The third-order valence-electron chi connectivity index (χ3n) is 2.78. The first kappa shape index (κ1) is 13.8. The molecule has 0 atom stereocenters. The summed E-state index contributed by atoms with van der Waals surface area (Å²) in [4.78, 5) is 6.52. The van der Waals surface area contributed by atoms with Crippen LogP contribution in [0.1, 0.15) is 11.1 Å². The van der Waals surface area contributed by atoms with Gasteiger partial charge in [0.05, 0.1) is 0 Å². The number of nitrogens with zero attached hydrogens (tertiary/aromatic N) is 2. The molecule has 0 amide bonds. The highest BCUT2D eigenvalue weighted by Gasteiger charge is 2.10. The Morgan fingerprint density at radius 3 is 2.84 bits per heavy atom. The lowest BCUT2D eigenvalue weighted by Crippen LogP contribution is -2.21. The number of nitrogens with two attached hydrogens (primary N) is 1. The van der Waals surface area contributed by atoms with E-state index in [1.54, 1.807) is 12.3 Å². The standard InChI is InChI=1S/C14H14ClN3S/c1-18(9-10-3-2-6-17-8-10)13-5-4-11(15)7-12(13)14(16)19/h2-8H,9H2,1H3,(H2,16,19). The predicted molar refractivity (Wildman–Crippen MR) is 83.7 cm³/mol. The van der Waals surface area contributed by atoms with Crippen LogP contribution in [0.15, 0.2) is 42.7 Å². The van der Waals surface area contributed by atoms with E-state index in [4.69, 9.17) is 29.6 Å². The van der Waals surface area contributed by atoms with Gasteiger partial charge in [-0.05, 0) is 29.8 Å². The minimum Gasteiger partial charge on any atom is -0.389 e. The van der Waals surface area contributed by atoms with Crippen molar-refractivity contribution in [1.82, 2.24) is 4.98 Å². The summed E-state index contributed by atoms with van der Waals surface area (Å²) in [5.41, 5.74) is 8.61. The van der Waals surface area contributed by atoms with Gasteiger partial charge in [0.2, 0.25) is 0 Å². The van der Waals surface area contributed by atoms with Crippen LogP contribution in [-0.4, -0.2) is 17.0 Å². The molecule has 0 saturated heterocycles. The summed E-state index contributed by atoms with van der Waals surface area (Å²) in [5, 5.41) is 0.626. The highest BCUT2D eigenvalue weighted by molar-refractivity contribution is 7.80. The number of pyridine rings is 1. The van der Waals surface area contributed by atoms with Crippen LogP contribution in [0.2, 0.25) is 5.02 Å². The van der Waals surface area contributed by atoms with Crippen LogP contribution < -0.4 is 10.6 Å². The van der Waals surface area contributed by atoms with Crippen LogP contribution >= 0.6 is 23.8 Å². The van der Waals surface area contributed by atoms with Crippen LogP contribution in [-0.2, 0) is 6.54 Å². The van der Waals surface area contributed by atoms with Crippen molar-refractivity contribution in [3.8, 4) is 0 Å². The number of benzene rings is 1. The van der Waals surface area contributed by atoms with E-state index in [0.29, 0.717) is 10.0 Å². The first-order valence-electron chi connectivity index (χ1n) is 5.77. The van der Waals surface area contributed by atoms with Gasteiger partial charge in [-0.15, -0.1) is 0 Å². The van der Waals surface area contributed by atoms with Crippen molar-refractivity contribution < 1.29 is 0 Å². The number of hydrogen-bond acceptors (Lipinski definition) is 3. The molecule has 0 fully saturated rings. The molecule has 5 heteroatoms. The molecule has 98 valence electrons. The third-order valence-corrected chi connectivity index (χ3v) is 3.23. The SMILES string of the molecule is CN(Cc1cccnc1)c1ccc(Cl)cc1C(N)=S. The topological polar surface area (TPSA) is 42.2 Å². The Bertz CT molecular complexity index is 586. The first-order chi connectivity index (χ1) is 9.08. The molecular formula is C14H14ClN3S. The number of aromatic nitrogens is 1. The molecule has 1 aromatic carbocycles. The summed E-state index contributed by atoms with van der Waals surface area (Å²) < 4.78 is 0. The molecule has 3 nitrogen and oxygen atoms in total. The summed E-state index contributed by atoms with van der Waals surface area (Å²) in [6.45, 7) is 0.727. The lowest BCUT2D eigenvalue weighted by molar-refractivity contribution is 0.914. The van der Waals surface area contributed by atoms with Crippen molar-refractivity contribution in [2.24, 2.45) is 5.73 Å². The maximum absolute atomic E-state index is 5.98. The fourth-order valence-electron chi connectivity index (χ4n) is 1.89. The normalized spacial score (nSPS) is 10.2. The van der Waals surface area contributed by atoms with Gasteiger partial charge in [0.25, 0.3) is 0 Å². The Morgan fingerprint density at radius 2 is 2.21 bits per heavy atom. The van der Waals surface area contributed by atoms with E-state index in [1.807, 2.05) is 37.5 Å². The fraction of sp³-hybridized carbons (Fsp3) is 0.143. The number of thiocarbonyl (C=S) groups is 1. The van der Waals surface area contributed by atoms with Gasteiger partial charge in [-0.25, -0.2) is 0 Å². The molecule has 0 spiro atoms. The summed E-state index contributed by atoms with van der Waals surface area (Å²) in [6.07, 6.45) is 3.60. The second-order valence-corrected chi connectivity index (χ2v) is 5.12. The predicted octanol–water partition coefficient (Wildman–Crippen LogP) is 3.01. The summed E-state index contributed by atoms with van der Waals surface area (Å²) >= 11 is 11.1. The largest absolute Gasteiger partial charge is 0.389 e. The average molecular weight is 292 g/mol. The molecule has 0 aliphatic heterocycles. The Kier molecular flexibility index (Phi) is 4.35. The molecule has 1 aromatic heterocycles. The maximum atomic E-state index is 5.98. The van der Waals surface area contributed by atoms with Crippen molar-refractivity contribution in [2.45, 2.75) is 6.54 Å². The quantitative estimate of drug-likeness (QED) is 0.880.